The molecule has 6 rings (SSSR count). The second kappa shape index (κ2) is 17.1. The van der Waals surface area contributed by atoms with E-state index in [0.29, 0.717) is 72.3 Å². The van der Waals surface area contributed by atoms with Crippen LogP contribution >= 0.6 is 46.4 Å². The highest BCUT2D eigenvalue weighted by Crippen LogP contribution is 2.36. The molecule has 0 bridgehead atoms. The van der Waals surface area contributed by atoms with Gasteiger partial charge in [0.2, 0.25) is 11.9 Å². The maximum Gasteiger partial charge on any atom is 0.288 e. The molecule has 0 saturated carbocycles. The first-order valence-electron chi connectivity index (χ1n) is 16.5. The molecule has 54 heavy (non-hydrogen) atoms. The Morgan fingerprint density at radius 2 is 1.13 bits per heavy atom. The number of nitrogen functional groups attached to an aromatic ring is 1. The number of nitrogens with zero attached hydrogens (tertiary/aromatic N) is 5. The fourth-order valence-electron chi connectivity index (χ4n) is 5.68. The number of hydrogen-bond acceptors (Lipinski definition) is 8. The number of benzene rings is 4. The molecule has 0 fully saturated rings. The molecule has 6 N–H and O–H groups in total. The van der Waals surface area contributed by atoms with Crippen LogP contribution in [0.3, 0.4) is 0 Å². The molecule has 0 unspecified atom stereocenters. The van der Waals surface area contributed by atoms with Gasteiger partial charge in [0.1, 0.15) is 13.2 Å². The van der Waals surface area contributed by atoms with E-state index in [9.17, 15) is 17.6 Å². The number of aliphatic hydroxyl groups excluding tert-OH is 2. The molecule has 0 aliphatic carbocycles. The minimum atomic E-state index is -3.34. The minimum absolute atomic E-state index is 0.130. The van der Waals surface area contributed by atoms with Crippen LogP contribution in [0.15, 0.2) is 72.8 Å². The molecule has 0 radical (unpaired) electrons. The van der Waals surface area contributed by atoms with E-state index in [-0.39, 0.29) is 11.9 Å². The largest absolute Gasteiger partial charge is 0.397 e. The summed E-state index contributed by atoms with van der Waals surface area (Å²) >= 11 is 24.2. The molecule has 0 aliphatic rings. The zero-order valence-electron chi connectivity index (χ0n) is 28.9. The third-order valence-electron chi connectivity index (χ3n) is 8.24. The normalized spacial score (nSPS) is 11.9. The number of aromatic nitrogens is 4. The van der Waals surface area contributed by atoms with Crippen LogP contribution in [0.4, 0.5) is 52.2 Å². The van der Waals surface area contributed by atoms with Gasteiger partial charge in [0.05, 0.1) is 68.0 Å². The Bertz CT molecular complexity index is 2250. The van der Waals surface area contributed by atoms with E-state index in [1.165, 1.54) is 15.2 Å². The van der Waals surface area contributed by atoms with Gasteiger partial charge in [-0.15, -0.1) is 0 Å². The minimum Gasteiger partial charge on any atom is -0.397 e. The number of halogens is 8. The zero-order valence-corrected chi connectivity index (χ0v) is 31.9. The maximum absolute atomic E-state index is 14.2. The number of imidazole rings is 2. The summed E-state index contributed by atoms with van der Waals surface area (Å²) in [6, 6.07) is 20.0. The van der Waals surface area contributed by atoms with E-state index in [0.717, 1.165) is 5.69 Å². The van der Waals surface area contributed by atoms with Crippen LogP contribution in [0, 0.1) is 0 Å². The maximum atomic E-state index is 14.2. The Kier molecular flexibility index (Phi) is 13.0. The molecule has 0 atom stereocenters. The summed E-state index contributed by atoms with van der Waals surface area (Å²) in [4.78, 5) is 10.9. The molecule has 0 saturated heterocycles. The second-order valence-corrected chi connectivity index (χ2v) is 13.8. The number of aliphatic hydroxyl groups is 2. The van der Waals surface area contributed by atoms with E-state index in [4.69, 9.17) is 62.4 Å². The Balaban J connectivity index is 0.000000210. The Labute approximate surface area is 328 Å². The van der Waals surface area contributed by atoms with Gasteiger partial charge >= 0.3 is 0 Å². The number of nitrogens with one attached hydrogen (secondary N) is 2. The van der Waals surface area contributed by atoms with Gasteiger partial charge in [-0.3, -0.25) is 0 Å². The summed E-state index contributed by atoms with van der Waals surface area (Å²) in [5.41, 5.74) is 9.90. The van der Waals surface area contributed by atoms with Crippen LogP contribution in [0.25, 0.3) is 22.1 Å². The summed E-state index contributed by atoms with van der Waals surface area (Å²) in [6.45, 7) is 1.34. The van der Waals surface area contributed by atoms with Crippen LogP contribution in [0.5, 0.6) is 0 Å². The number of hydrogen-bond donors (Lipinski definition) is 5. The van der Waals surface area contributed by atoms with Gasteiger partial charge in [-0.25, -0.2) is 27.5 Å². The van der Waals surface area contributed by atoms with Crippen molar-refractivity contribution in [3.8, 4) is 0 Å². The monoisotopic (exact) mass is 828 g/mol. The second-order valence-electron chi connectivity index (χ2n) is 12.1. The number of fused-ring (bicyclic) bond motifs is 2. The van der Waals surface area contributed by atoms with E-state index >= 15 is 0 Å². The van der Waals surface area contributed by atoms with Crippen LogP contribution in [-0.4, -0.2) is 67.5 Å². The average molecular weight is 831 g/mol. The van der Waals surface area contributed by atoms with Crippen LogP contribution in [0.1, 0.15) is 13.8 Å². The Morgan fingerprint density at radius 3 is 1.57 bits per heavy atom. The number of rotatable bonds is 13. The molecule has 2 aromatic heterocycles. The van der Waals surface area contributed by atoms with Crippen molar-refractivity contribution in [2.75, 3.05) is 47.6 Å². The average Bonchev–Trinajstić information content (AvgIpc) is 3.65. The Hall–Kier alpha value is -4.18. The standard InChI is InChI=1S/C20H22Cl2F2N4O.C16H14Cl2F2N4O/c1-3-27(4-2)17-7-5-6-16-18(17)28(11-20(23,24)12-29)19(26-16)25-15-9-8-13(21)10-14(15)22;17-9-4-5-12(10(18)6-9)22-15-23-13-3-1-2-11(21)14(13)24(15)7-16(19,20)8-25/h5-10,29H,3-4,11-12H2,1-2H3,(H,25,26);1-6,25H,7-8,21H2,(H,22,23). The highest BCUT2D eigenvalue weighted by molar-refractivity contribution is 6.37. The lowest BCUT2D eigenvalue weighted by molar-refractivity contribution is -0.0619. The lowest BCUT2D eigenvalue weighted by Gasteiger charge is -2.24. The number of nitrogens with two attached hydrogens (primary N) is 1. The summed E-state index contributed by atoms with van der Waals surface area (Å²) in [5, 5.41) is 25.6. The Morgan fingerprint density at radius 1 is 0.685 bits per heavy atom. The van der Waals surface area contributed by atoms with Crippen molar-refractivity contribution >= 4 is 103 Å². The number of anilines is 6. The molecule has 0 amide bonds. The van der Waals surface area contributed by atoms with Crippen LogP contribution < -0.4 is 21.3 Å². The molecular weight excluding hydrogens is 794 g/mol. The summed E-state index contributed by atoms with van der Waals surface area (Å²) in [7, 11) is 0. The highest BCUT2D eigenvalue weighted by atomic mass is 35.5. The van der Waals surface area contributed by atoms with Crippen molar-refractivity contribution in [1.82, 2.24) is 19.1 Å². The van der Waals surface area contributed by atoms with Gasteiger partial charge in [-0.2, -0.15) is 0 Å². The first-order valence-corrected chi connectivity index (χ1v) is 18.0. The van der Waals surface area contributed by atoms with E-state index in [2.05, 4.69) is 25.5 Å². The van der Waals surface area contributed by atoms with Gasteiger partial charge < -0.3 is 40.6 Å². The van der Waals surface area contributed by atoms with Crippen LogP contribution in [-0.2, 0) is 13.1 Å². The zero-order chi connectivity index (χ0) is 39.4. The summed E-state index contributed by atoms with van der Waals surface area (Å²) in [6.07, 6.45) is 0. The summed E-state index contributed by atoms with van der Waals surface area (Å²) in [5.74, 6) is -6.32. The predicted molar refractivity (Wildman–Crippen MR) is 211 cm³/mol. The first-order chi connectivity index (χ1) is 25.6. The lowest BCUT2D eigenvalue weighted by Crippen LogP contribution is -2.29. The van der Waals surface area contributed by atoms with Crippen molar-refractivity contribution in [2.45, 2.75) is 38.8 Å². The van der Waals surface area contributed by atoms with Crippen molar-refractivity contribution in [3.05, 3.63) is 92.9 Å². The van der Waals surface area contributed by atoms with Gasteiger partial charge in [-0.05, 0) is 74.5 Å². The fourth-order valence-corrected chi connectivity index (χ4v) is 6.59. The molecule has 4 aromatic carbocycles. The van der Waals surface area contributed by atoms with Gasteiger partial charge in [0.15, 0.2) is 0 Å². The van der Waals surface area contributed by atoms with Crippen molar-refractivity contribution in [3.63, 3.8) is 0 Å². The van der Waals surface area contributed by atoms with E-state index in [1.54, 1.807) is 54.6 Å². The van der Waals surface area contributed by atoms with E-state index in [1.807, 2.05) is 26.0 Å². The van der Waals surface area contributed by atoms with Gasteiger partial charge in [0.25, 0.3) is 11.8 Å². The quantitative estimate of drug-likeness (QED) is 0.0575. The van der Waals surface area contributed by atoms with Crippen molar-refractivity contribution in [2.24, 2.45) is 0 Å². The topological polar surface area (TPSA) is 129 Å². The highest BCUT2D eigenvalue weighted by Gasteiger charge is 2.33. The number of para-hydroxylation sites is 2. The SMILES string of the molecule is CCN(CC)c1cccc2nc(Nc3ccc(Cl)cc3Cl)n(CC(F)(F)CO)c12.Nc1cccc2nc(Nc3ccc(Cl)cc3Cl)n(CC(F)(F)CO)c12. The van der Waals surface area contributed by atoms with Crippen molar-refractivity contribution in [1.29, 1.82) is 0 Å². The van der Waals surface area contributed by atoms with Gasteiger partial charge in [0, 0.05) is 23.1 Å². The molecule has 10 nitrogen and oxygen atoms in total. The lowest BCUT2D eigenvalue weighted by atomic mass is 10.2. The fraction of sp³-hybridized carbons (Fsp3) is 0.278. The molecule has 0 spiro atoms. The molecule has 288 valence electrons. The molecule has 0 aliphatic heterocycles. The van der Waals surface area contributed by atoms with Crippen LogP contribution in [0.2, 0.25) is 20.1 Å². The van der Waals surface area contributed by atoms with Gasteiger partial charge in [-0.1, -0.05) is 58.5 Å². The number of alkyl halides is 4. The van der Waals surface area contributed by atoms with E-state index < -0.39 is 38.1 Å². The first kappa shape index (κ1) is 41.0. The predicted octanol–water partition coefficient (Wildman–Crippen LogP) is 9.86. The third kappa shape index (κ3) is 9.36. The molecular formula is C36H36Cl4F4N8O2. The molecule has 18 heteroatoms. The molecule has 6 aromatic rings. The summed E-state index contributed by atoms with van der Waals surface area (Å²) < 4.78 is 58.7. The smallest absolute Gasteiger partial charge is 0.288 e. The third-order valence-corrected chi connectivity index (χ3v) is 9.34. The molecule has 2 heterocycles. The van der Waals surface area contributed by atoms with Crippen molar-refractivity contribution < 1.29 is 27.8 Å².